The first-order valence-corrected chi connectivity index (χ1v) is 6.50. The van der Waals surface area contributed by atoms with Crippen molar-refractivity contribution < 1.29 is 4.79 Å². The molecular formula is C16H16Cl2N4O. The number of anilines is 2. The minimum absolute atomic E-state index is 0. The van der Waals surface area contributed by atoms with Gasteiger partial charge in [-0.1, -0.05) is 18.2 Å². The van der Waals surface area contributed by atoms with E-state index in [4.69, 9.17) is 5.73 Å². The van der Waals surface area contributed by atoms with Gasteiger partial charge in [0.1, 0.15) is 5.65 Å². The fourth-order valence-electron chi connectivity index (χ4n) is 2.02. The summed E-state index contributed by atoms with van der Waals surface area (Å²) in [6.45, 7) is 0. The van der Waals surface area contributed by atoms with E-state index in [1.807, 2.05) is 40.9 Å². The third-order valence-corrected chi connectivity index (χ3v) is 3.07. The maximum atomic E-state index is 11.9. The Hall–Kier alpha value is -2.50. The largest absolute Gasteiger partial charge is 0.397 e. The van der Waals surface area contributed by atoms with E-state index in [0.717, 1.165) is 11.3 Å². The van der Waals surface area contributed by atoms with E-state index in [0.29, 0.717) is 11.4 Å². The molecular weight excluding hydrogens is 335 g/mol. The van der Waals surface area contributed by atoms with Gasteiger partial charge in [0.25, 0.3) is 0 Å². The van der Waals surface area contributed by atoms with Crippen molar-refractivity contribution in [3.8, 4) is 0 Å². The standard InChI is InChI=1S/C16H14N4O.2ClH/c17-13-5-1-2-6-14(13)19-16(21)9-8-12-11-18-15-7-3-4-10-20(12)15;;/h1-11H,17H2,(H,19,21);2*1H/b9-8+;;. The Labute approximate surface area is 146 Å². The lowest BCUT2D eigenvalue weighted by Crippen LogP contribution is -2.09. The highest BCUT2D eigenvalue weighted by molar-refractivity contribution is 6.03. The van der Waals surface area contributed by atoms with Gasteiger partial charge < -0.3 is 15.5 Å². The SMILES string of the molecule is Cl.Cl.Nc1ccccc1NC(=O)/C=C/c1cnc2ccccn12. The molecule has 3 N–H and O–H groups in total. The summed E-state index contributed by atoms with van der Waals surface area (Å²) in [6.07, 6.45) is 6.79. The molecule has 7 heteroatoms. The number of aromatic nitrogens is 2. The number of carbonyl (C=O) groups excluding carboxylic acids is 1. The highest BCUT2D eigenvalue weighted by atomic mass is 35.5. The van der Waals surface area contributed by atoms with Crippen molar-refractivity contribution in [3.05, 3.63) is 66.6 Å². The number of nitrogens with one attached hydrogen (secondary N) is 1. The molecule has 0 aliphatic rings. The van der Waals surface area contributed by atoms with Crippen LogP contribution in [-0.4, -0.2) is 15.3 Å². The van der Waals surface area contributed by atoms with Gasteiger partial charge in [0, 0.05) is 12.3 Å². The summed E-state index contributed by atoms with van der Waals surface area (Å²) in [4.78, 5) is 16.2. The maximum Gasteiger partial charge on any atom is 0.248 e. The van der Waals surface area contributed by atoms with Crippen LogP contribution < -0.4 is 11.1 Å². The molecule has 2 heterocycles. The van der Waals surface area contributed by atoms with E-state index in [1.165, 1.54) is 6.08 Å². The predicted octanol–water partition coefficient (Wildman–Crippen LogP) is 3.41. The van der Waals surface area contributed by atoms with E-state index in [1.54, 1.807) is 24.4 Å². The van der Waals surface area contributed by atoms with E-state index in [2.05, 4.69) is 10.3 Å². The van der Waals surface area contributed by atoms with Gasteiger partial charge in [0.05, 0.1) is 23.3 Å². The van der Waals surface area contributed by atoms with Crippen LogP contribution in [0.2, 0.25) is 0 Å². The lowest BCUT2D eigenvalue weighted by molar-refractivity contribution is -0.111. The van der Waals surface area contributed by atoms with Crippen LogP contribution in [-0.2, 0) is 4.79 Å². The monoisotopic (exact) mass is 350 g/mol. The van der Waals surface area contributed by atoms with E-state index >= 15 is 0 Å². The molecule has 2 aromatic heterocycles. The number of nitrogens with zero attached hydrogens (tertiary/aromatic N) is 2. The van der Waals surface area contributed by atoms with E-state index in [9.17, 15) is 4.79 Å². The van der Waals surface area contributed by atoms with Crippen LogP contribution in [0, 0.1) is 0 Å². The number of imidazole rings is 1. The first kappa shape index (κ1) is 18.5. The molecule has 5 nitrogen and oxygen atoms in total. The molecule has 0 aliphatic carbocycles. The molecule has 0 saturated heterocycles. The smallest absolute Gasteiger partial charge is 0.248 e. The number of nitrogen functional groups attached to an aromatic ring is 1. The molecule has 1 amide bonds. The Kier molecular flexibility index (Phi) is 6.63. The minimum Gasteiger partial charge on any atom is -0.397 e. The Morgan fingerprint density at radius 3 is 2.65 bits per heavy atom. The molecule has 0 spiro atoms. The Balaban J connectivity index is 0.00000132. The number of pyridine rings is 1. The molecule has 0 fully saturated rings. The molecule has 1 aromatic carbocycles. The second-order valence-electron chi connectivity index (χ2n) is 4.52. The van der Waals surface area contributed by atoms with Crippen molar-refractivity contribution in [2.45, 2.75) is 0 Å². The zero-order valence-electron chi connectivity index (χ0n) is 12.0. The highest BCUT2D eigenvalue weighted by Crippen LogP contribution is 2.16. The predicted molar refractivity (Wildman–Crippen MR) is 98.2 cm³/mol. The van der Waals surface area contributed by atoms with Crippen LogP contribution in [0.5, 0.6) is 0 Å². The van der Waals surface area contributed by atoms with Crippen molar-refractivity contribution in [1.82, 2.24) is 9.38 Å². The van der Waals surface area contributed by atoms with Gasteiger partial charge in [-0.05, 0) is 30.3 Å². The van der Waals surface area contributed by atoms with E-state index in [-0.39, 0.29) is 30.7 Å². The van der Waals surface area contributed by atoms with Gasteiger partial charge in [-0.15, -0.1) is 24.8 Å². The molecule has 3 aromatic rings. The molecule has 0 aliphatic heterocycles. The number of nitrogens with two attached hydrogens (primary N) is 1. The number of para-hydroxylation sites is 2. The maximum absolute atomic E-state index is 11.9. The number of halogens is 2. The van der Waals surface area contributed by atoms with Crippen LogP contribution in [0.1, 0.15) is 5.69 Å². The second kappa shape index (κ2) is 8.22. The van der Waals surface area contributed by atoms with Crippen molar-refractivity contribution in [3.63, 3.8) is 0 Å². The number of rotatable bonds is 3. The molecule has 0 bridgehead atoms. The summed E-state index contributed by atoms with van der Waals surface area (Å²) in [5, 5.41) is 2.74. The summed E-state index contributed by atoms with van der Waals surface area (Å²) in [7, 11) is 0. The van der Waals surface area contributed by atoms with Crippen LogP contribution in [0.25, 0.3) is 11.7 Å². The summed E-state index contributed by atoms with van der Waals surface area (Å²) < 4.78 is 1.90. The summed E-state index contributed by atoms with van der Waals surface area (Å²) in [5.41, 5.74) is 8.59. The number of hydrogen-bond donors (Lipinski definition) is 2. The van der Waals surface area contributed by atoms with Crippen molar-refractivity contribution >= 4 is 53.8 Å². The summed E-state index contributed by atoms with van der Waals surface area (Å²) in [6, 6.07) is 12.9. The average Bonchev–Trinajstić information content (AvgIpc) is 2.91. The quantitative estimate of drug-likeness (QED) is 0.561. The van der Waals surface area contributed by atoms with Gasteiger partial charge in [0.15, 0.2) is 0 Å². The number of amides is 1. The number of carbonyl (C=O) groups is 1. The molecule has 0 radical (unpaired) electrons. The third kappa shape index (κ3) is 4.25. The summed E-state index contributed by atoms with van der Waals surface area (Å²) in [5.74, 6) is -0.237. The topological polar surface area (TPSA) is 72.4 Å². The van der Waals surface area contributed by atoms with Gasteiger partial charge in [-0.2, -0.15) is 0 Å². The molecule has 120 valence electrons. The first-order valence-electron chi connectivity index (χ1n) is 6.50. The number of fused-ring (bicyclic) bond motifs is 1. The molecule has 3 rings (SSSR count). The molecule has 0 atom stereocenters. The van der Waals surface area contributed by atoms with Crippen LogP contribution >= 0.6 is 24.8 Å². The highest BCUT2D eigenvalue weighted by Gasteiger charge is 2.02. The number of benzene rings is 1. The lowest BCUT2D eigenvalue weighted by atomic mass is 10.2. The van der Waals surface area contributed by atoms with Crippen molar-refractivity contribution in [2.75, 3.05) is 11.1 Å². The Morgan fingerprint density at radius 1 is 1.13 bits per heavy atom. The van der Waals surface area contributed by atoms with Crippen molar-refractivity contribution in [1.29, 1.82) is 0 Å². The van der Waals surface area contributed by atoms with E-state index < -0.39 is 0 Å². The third-order valence-electron chi connectivity index (χ3n) is 3.07. The van der Waals surface area contributed by atoms with Gasteiger partial charge in [-0.3, -0.25) is 4.79 Å². The summed E-state index contributed by atoms with van der Waals surface area (Å²) >= 11 is 0. The Morgan fingerprint density at radius 2 is 1.87 bits per heavy atom. The van der Waals surface area contributed by atoms with Gasteiger partial charge in [0.2, 0.25) is 5.91 Å². The van der Waals surface area contributed by atoms with Crippen LogP contribution in [0.15, 0.2) is 60.9 Å². The fraction of sp³-hybridized carbons (Fsp3) is 0. The molecule has 0 unspecified atom stereocenters. The normalized spacial score (nSPS) is 10.1. The molecule has 0 saturated carbocycles. The van der Waals surface area contributed by atoms with Gasteiger partial charge >= 0.3 is 0 Å². The zero-order chi connectivity index (χ0) is 14.7. The van der Waals surface area contributed by atoms with Crippen molar-refractivity contribution in [2.24, 2.45) is 0 Å². The van der Waals surface area contributed by atoms with Gasteiger partial charge in [-0.25, -0.2) is 4.98 Å². The first-order chi connectivity index (χ1) is 10.2. The molecule has 23 heavy (non-hydrogen) atoms. The number of hydrogen-bond acceptors (Lipinski definition) is 3. The Bertz CT molecular complexity index is 830. The minimum atomic E-state index is -0.237. The zero-order valence-corrected chi connectivity index (χ0v) is 13.7. The average molecular weight is 351 g/mol. The second-order valence-corrected chi connectivity index (χ2v) is 4.52. The lowest BCUT2D eigenvalue weighted by Gasteiger charge is -2.04. The van der Waals surface area contributed by atoms with Crippen LogP contribution in [0.4, 0.5) is 11.4 Å². The fourth-order valence-corrected chi connectivity index (χ4v) is 2.02. The van der Waals surface area contributed by atoms with Crippen LogP contribution in [0.3, 0.4) is 0 Å².